The van der Waals surface area contributed by atoms with Crippen molar-refractivity contribution >= 4 is 54.3 Å². The van der Waals surface area contributed by atoms with Crippen LogP contribution < -0.4 is 0 Å². The number of hydrogen-bond donors (Lipinski definition) is 0. The van der Waals surface area contributed by atoms with Crippen molar-refractivity contribution in [3.63, 3.8) is 0 Å². The third kappa shape index (κ3) is 12.8. The predicted molar refractivity (Wildman–Crippen MR) is 343 cm³/mol. The molecule has 0 atom stereocenters. The van der Waals surface area contributed by atoms with E-state index in [-0.39, 0.29) is 91.3 Å². The Balaban J connectivity index is 0.000000148. The fraction of sp³-hybridized carbons (Fsp3) is 0.0789. The van der Waals surface area contributed by atoms with E-state index in [1.807, 2.05) is 121 Å². The van der Waals surface area contributed by atoms with Gasteiger partial charge in [-0.1, -0.05) is 189 Å². The average molecular weight is 1860 g/mol. The first-order valence-corrected chi connectivity index (χ1v) is 29.2. The summed E-state index contributed by atoms with van der Waals surface area (Å²) in [6.07, 6.45) is 7.52. The molecule has 0 fully saturated rings. The number of thiophene rings is 2. The molecule has 0 unspecified atom stereocenters. The molecule has 4 radical (unpaired) electrons. The maximum atomic E-state index is 4.89. The molecule has 0 saturated heterocycles. The second kappa shape index (κ2) is 27.9. The molecule has 14 aromatic rings. The summed E-state index contributed by atoms with van der Waals surface area (Å²) in [5.74, 6) is 0. The average Bonchev–Trinajstić information content (AvgIpc) is 1.65. The summed E-state index contributed by atoms with van der Waals surface area (Å²) in [5, 5.41) is 8.00. The molecule has 86 heavy (non-hydrogen) atoms. The second-order valence-electron chi connectivity index (χ2n) is 21.4. The van der Waals surface area contributed by atoms with E-state index in [0.29, 0.717) is 0 Å². The zero-order valence-electron chi connectivity index (χ0n) is 47.2. The Labute approximate surface area is 565 Å². The van der Waals surface area contributed by atoms with Crippen LogP contribution >= 0.6 is 22.7 Å². The van der Waals surface area contributed by atoms with E-state index >= 15 is 0 Å². The summed E-state index contributed by atoms with van der Waals surface area (Å²) >= 11 is 3.41. The molecular weight excluding hydrogens is 1800 g/mol. The molecule has 0 aliphatic heterocycles. The molecule has 6 heterocycles. The van der Waals surface area contributed by atoms with E-state index in [4.69, 9.17) is 4.98 Å². The van der Waals surface area contributed by atoms with E-state index in [9.17, 15) is 0 Å². The van der Waals surface area contributed by atoms with Crippen LogP contribution in [-0.2, 0) is 91.3 Å². The van der Waals surface area contributed by atoms with Crippen molar-refractivity contribution in [2.24, 2.45) is 0 Å². The van der Waals surface area contributed by atoms with Crippen LogP contribution in [0.15, 0.2) is 255 Å². The van der Waals surface area contributed by atoms with Crippen molar-refractivity contribution < 1.29 is 80.4 Å². The van der Waals surface area contributed by atoms with Gasteiger partial charge in [-0.2, -0.15) is 12.1 Å². The molecule has 10 heteroatoms. The molecule has 0 amide bonds. The molecule has 4 nitrogen and oxygen atoms in total. The zero-order valence-corrected chi connectivity index (χ0v) is 58.4. The number of hydrogen-bond acceptors (Lipinski definition) is 6. The fourth-order valence-corrected chi connectivity index (χ4v) is 13.1. The maximum Gasteiger partial charge on any atom is 0.0239 e. The second-order valence-corrected chi connectivity index (χ2v) is 23.4. The SMILES string of the molecule is CC1(C)c2ccccc2-c2c[c-]c(-c3ccc(-c4ccc5c(c4)C(C)(C)c4ccccc4-5)cn3)cc21.[Ir].[Ir].[Ir].[Ir].[c-]1c(-c2ccccn2)sc2ccccc12.[c-]1ccccc1-c1nccc2ccccc12.[c-]1ccsc1-c1nccc2ccccc12. The molecule has 8 aromatic carbocycles. The van der Waals surface area contributed by atoms with Crippen molar-refractivity contribution in [1.29, 1.82) is 0 Å². The Kier molecular flexibility index (Phi) is 20.6. The largest absolute Gasteiger partial charge is 0.318 e. The van der Waals surface area contributed by atoms with Crippen molar-refractivity contribution in [2.45, 2.75) is 38.5 Å². The predicted octanol–water partition coefficient (Wildman–Crippen LogP) is 20.0. The molecule has 16 rings (SSSR count). The summed E-state index contributed by atoms with van der Waals surface area (Å²) in [4.78, 5) is 20.3. The van der Waals surface area contributed by atoms with Gasteiger partial charge in [0.05, 0.1) is 0 Å². The quantitative estimate of drug-likeness (QED) is 0.161. The van der Waals surface area contributed by atoms with E-state index < -0.39 is 0 Å². The standard InChI is InChI=1S/C35H28N.C15H10N.2C13H8NS.4Ir/c1-34(2)29-11-7-5-9-25(29)27-16-13-22(19-31(27)34)24-15-18-33(36-21-24)23-14-17-28-26-10-6-8-12-30(26)35(3,4)32(28)20-23;1-2-7-13(8-3-1)15-14-9-5-4-6-12(14)10-11-16-15;1-2-7-12-10(5-1)9-13(15-12)11-6-3-4-8-14-11;1-2-5-11-10(4-1)7-8-14-13(11)12-6-3-9-15-12;;;;/h5-13,15-21H,1-4H3;1-7,9-11H;1-8H;1-5,7-9H;;;;/q4*-1;;;;. The van der Waals surface area contributed by atoms with Gasteiger partial charge in [0.2, 0.25) is 0 Å². The minimum atomic E-state index is -0.0233. The van der Waals surface area contributed by atoms with Gasteiger partial charge in [0.1, 0.15) is 0 Å². The van der Waals surface area contributed by atoms with Crippen molar-refractivity contribution in [1.82, 2.24) is 19.9 Å². The van der Waals surface area contributed by atoms with Crippen molar-refractivity contribution in [3.8, 4) is 77.0 Å². The Bertz CT molecular complexity index is 4420. The molecule has 2 aliphatic carbocycles. The smallest absolute Gasteiger partial charge is 0.0239 e. The zero-order chi connectivity index (χ0) is 55.6. The minimum Gasteiger partial charge on any atom is -0.318 e. The van der Waals surface area contributed by atoms with Gasteiger partial charge in [-0.15, -0.1) is 94.2 Å². The summed E-state index contributed by atoms with van der Waals surface area (Å²) in [5.41, 5.74) is 19.3. The monoisotopic (exact) mass is 1860 g/mol. The summed E-state index contributed by atoms with van der Waals surface area (Å²) < 4.78 is 1.26. The third-order valence-electron chi connectivity index (χ3n) is 15.7. The first kappa shape index (κ1) is 63.6. The summed E-state index contributed by atoms with van der Waals surface area (Å²) in [6, 6.07) is 91.2. The molecule has 2 aliphatic rings. The van der Waals surface area contributed by atoms with Crippen molar-refractivity contribution in [2.75, 3.05) is 0 Å². The summed E-state index contributed by atoms with van der Waals surface area (Å²) in [6.45, 7) is 9.27. The number of rotatable bonds is 5. The molecule has 0 saturated carbocycles. The fourth-order valence-electron chi connectivity index (χ4n) is 11.5. The van der Waals surface area contributed by atoms with E-state index in [1.165, 1.54) is 81.7 Å². The molecule has 0 N–H and O–H groups in total. The number of pyridine rings is 4. The van der Waals surface area contributed by atoms with Crippen LogP contribution in [0.25, 0.3) is 109 Å². The topological polar surface area (TPSA) is 51.6 Å². The van der Waals surface area contributed by atoms with Crippen LogP contribution in [0.1, 0.15) is 49.9 Å². The normalized spacial score (nSPS) is 12.2. The molecule has 6 aromatic heterocycles. The first-order chi connectivity index (χ1) is 40.2. The number of nitrogens with zero attached hydrogens (tertiary/aromatic N) is 4. The summed E-state index contributed by atoms with van der Waals surface area (Å²) in [7, 11) is 0. The Morgan fingerprint density at radius 2 is 1.00 bits per heavy atom. The van der Waals surface area contributed by atoms with Crippen molar-refractivity contribution in [3.05, 3.63) is 301 Å². The Morgan fingerprint density at radius 1 is 0.395 bits per heavy atom. The van der Waals surface area contributed by atoms with Gasteiger partial charge in [0.15, 0.2) is 0 Å². The van der Waals surface area contributed by atoms with E-state index in [1.54, 1.807) is 22.7 Å². The van der Waals surface area contributed by atoms with Crippen LogP contribution in [0.5, 0.6) is 0 Å². The Morgan fingerprint density at radius 3 is 1.65 bits per heavy atom. The molecular formula is C76H54Ir4N4S2-4. The maximum absolute atomic E-state index is 4.89. The first-order valence-electron chi connectivity index (χ1n) is 27.5. The van der Waals surface area contributed by atoms with Gasteiger partial charge in [-0.05, 0) is 117 Å². The van der Waals surface area contributed by atoms with Gasteiger partial charge in [0.25, 0.3) is 0 Å². The van der Waals surface area contributed by atoms with Crippen LogP contribution in [-0.4, -0.2) is 19.9 Å². The molecule has 0 bridgehead atoms. The number of benzene rings is 8. The van der Waals surface area contributed by atoms with Gasteiger partial charge in [-0.3, -0.25) is 0 Å². The third-order valence-corrected chi connectivity index (χ3v) is 17.6. The van der Waals surface area contributed by atoms with Crippen LogP contribution in [0.4, 0.5) is 0 Å². The van der Waals surface area contributed by atoms with Gasteiger partial charge in [0, 0.05) is 116 Å². The van der Waals surface area contributed by atoms with Crippen LogP contribution in [0.3, 0.4) is 0 Å². The molecule has 0 spiro atoms. The van der Waals surface area contributed by atoms with Gasteiger partial charge >= 0.3 is 0 Å². The number of aromatic nitrogens is 4. The van der Waals surface area contributed by atoms with Crippen LogP contribution in [0.2, 0.25) is 0 Å². The Hall–Kier alpha value is -6.86. The number of fused-ring (bicyclic) bond motifs is 9. The minimum absolute atomic E-state index is 0. The van der Waals surface area contributed by atoms with E-state index in [0.717, 1.165) is 49.2 Å². The van der Waals surface area contributed by atoms with Gasteiger partial charge < -0.3 is 19.9 Å². The van der Waals surface area contributed by atoms with Gasteiger partial charge in [-0.25, -0.2) is 22.7 Å². The van der Waals surface area contributed by atoms with Crippen LogP contribution in [0, 0.1) is 24.3 Å². The molecule has 430 valence electrons. The van der Waals surface area contributed by atoms with E-state index in [2.05, 4.69) is 200 Å².